The minimum Gasteiger partial charge on any atom is -0.357 e. The van der Waals surface area contributed by atoms with Crippen LogP contribution >= 0.6 is 24.0 Å². The van der Waals surface area contributed by atoms with E-state index >= 15 is 0 Å². The predicted octanol–water partition coefficient (Wildman–Crippen LogP) is 3.88. The summed E-state index contributed by atoms with van der Waals surface area (Å²) in [7, 11) is 2.02. The molecular weight excluding hydrogens is 503 g/mol. The van der Waals surface area contributed by atoms with Crippen LogP contribution in [-0.2, 0) is 11.3 Å². The van der Waals surface area contributed by atoms with Gasteiger partial charge in [-0.15, -0.1) is 24.0 Å². The fraction of sp³-hybridized carbons (Fsp3) is 0.522. The average molecular weight is 538 g/mol. The fourth-order valence-electron chi connectivity index (χ4n) is 3.70. The number of H-pyrrole nitrogens is 1. The normalized spacial score (nSPS) is 14.7. The summed E-state index contributed by atoms with van der Waals surface area (Å²) in [6, 6.07) is 10.2. The SMILES string of the molecule is CCNC(=NCCCN1CCCCCC1=O)N(C)Cc1ncc(-c2ccccc2)[nH]1.I. The molecule has 1 saturated heterocycles. The number of guanidine groups is 1. The molecule has 1 amide bonds. The topological polar surface area (TPSA) is 76.6 Å². The molecule has 0 atom stereocenters. The van der Waals surface area contributed by atoms with Crippen molar-refractivity contribution in [1.82, 2.24) is 25.1 Å². The Balaban J connectivity index is 0.00000341. The highest BCUT2D eigenvalue weighted by molar-refractivity contribution is 14.0. The highest BCUT2D eigenvalue weighted by atomic mass is 127. The molecule has 2 N–H and O–H groups in total. The van der Waals surface area contributed by atoms with Gasteiger partial charge in [0.25, 0.3) is 0 Å². The van der Waals surface area contributed by atoms with Crippen LogP contribution in [0.3, 0.4) is 0 Å². The van der Waals surface area contributed by atoms with Crippen molar-refractivity contribution in [1.29, 1.82) is 0 Å². The van der Waals surface area contributed by atoms with E-state index < -0.39 is 0 Å². The van der Waals surface area contributed by atoms with Gasteiger partial charge in [0, 0.05) is 39.6 Å². The van der Waals surface area contributed by atoms with Crippen molar-refractivity contribution in [2.45, 2.75) is 45.6 Å². The van der Waals surface area contributed by atoms with Gasteiger partial charge in [0.15, 0.2) is 5.96 Å². The Labute approximate surface area is 202 Å². The molecule has 1 fully saturated rings. The van der Waals surface area contributed by atoms with Gasteiger partial charge in [0.1, 0.15) is 5.82 Å². The van der Waals surface area contributed by atoms with Crippen LogP contribution in [0.1, 0.15) is 44.9 Å². The van der Waals surface area contributed by atoms with E-state index in [0.29, 0.717) is 25.4 Å². The van der Waals surface area contributed by atoms with Gasteiger partial charge in [-0.3, -0.25) is 9.79 Å². The van der Waals surface area contributed by atoms with Gasteiger partial charge in [-0.2, -0.15) is 0 Å². The molecule has 1 aromatic heterocycles. The van der Waals surface area contributed by atoms with E-state index in [2.05, 4.69) is 39.2 Å². The van der Waals surface area contributed by atoms with Crippen LogP contribution in [0, 0.1) is 0 Å². The highest BCUT2D eigenvalue weighted by Crippen LogP contribution is 2.16. The molecule has 0 aliphatic carbocycles. The lowest BCUT2D eigenvalue weighted by Crippen LogP contribution is -2.39. The summed E-state index contributed by atoms with van der Waals surface area (Å²) < 4.78 is 0. The number of nitrogens with zero attached hydrogens (tertiary/aromatic N) is 4. The van der Waals surface area contributed by atoms with Crippen LogP contribution in [0.4, 0.5) is 0 Å². The fourth-order valence-corrected chi connectivity index (χ4v) is 3.70. The van der Waals surface area contributed by atoms with Gasteiger partial charge in [0.05, 0.1) is 18.4 Å². The summed E-state index contributed by atoms with van der Waals surface area (Å²) in [6.07, 6.45) is 6.77. The smallest absolute Gasteiger partial charge is 0.222 e. The van der Waals surface area contributed by atoms with Crippen LogP contribution < -0.4 is 5.32 Å². The third-order valence-corrected chi connectivity index (χ3v) is 5.32. The number of nitrogens with one attached hydrogen (secondary N) is 2. The average Bonchev–Trinajstić information content (AvgIpc) is 3.13. The molecule has 0 bridgehead atoms. The molecule has 2 aromatic rings. The summed E-state index contributed by atoms with van der Waals surface area (Å²) in [5.74, 6) is 2.06. The van der Waals surface area contributed by atoms with Crippen molar-refractivity contribution < 1.29 is 4.79 Å². The number of carbonyl (C=O) groups is 1. The number of hydrogen-bond acceptors (Lipinski definition) is 3. The van der Waals surface area contributed by atoms with Gasteiger partial charge < -0.3 is 20.1 Å². The lowest BCUT2D eigenvalue weighted by Gasteiger charge is -2.22. The molecule has 170 valence electrons. The van der Waals surface area contributed by atoms with Crippen LogP contribution in [-0.4, -0.2) is 64.9 Å². The third kappa shape index (κ3) is 7.83. The first-order valence-electron chi connectivity index (χ1n) is 11.0. The molecule has 1 aromatic carbocycles. The molecule has 0 radical (unpaired) electrons. The number of hydrogen-bond donors (Lipinski definition) is 2. The maximum Gasteiger partial charge on any atom is 0.222 e. The summed E-state index contributed by atoms with van der Waals surface area (Å²) in [5, 5.41) is 3.35. The van der Waals surface area contributed by atoms with Crippen molar-refractivity contribution in [3.05, 3.63) is 42.4 Å². The molecule has 7 nitrogen and oxygen atoms in total. The molecule has 1 aliphatic heterocycles. The Morgan fingerprint density at radius 2 is 2.06 bits per heavy atom. The molecular formula is C23H35IN6O. The second kappa shape index (κ2) is 13.3. The molecule has 1 aliphatic rings. The largest absolute Gasteiger partial charge is 0.357 e. The molecule has 3 rings (SSSR count). The highest BCUT2D eigenvalue weighted by Gasteiger charge is 2.16. The van der Waals surface area contributed by atoms with E-state index in [-0.39, 0.29) is 24.0 Å². The zero-order valence-corrected chi connectivity index (χ0v) is 21.0. The first kappa shape index (κ1) is 25.2. The Bertz CT molecular complexity index is 822. The van der Waals surface area contributed by atoms with E-state index in [9.17, 15) is 4.79 Å². The number of imidazole rings is 1. The number of rotatable bonds is 8. The Morgan fingerprint density at radius 1 is 1.26 bits per heavy atom. The zero-order valence-electron chi connectivity index (χ0n) is 18.6. The number of aromatic nitrogens is 2. The second-order valence-corrected chi connectivity index (χ2v) is 7.75. The summed E-state index contributed by atoms with van der Waals surface area (Å²) >= 11 is 0. The van der Waals surface area contributed by atoms with Crippen LogP contribution in [0.15, 0.2) is 41.5 Å². The molecule has 8 heteroatoms. The van der Waals surface area contributed by atoms with Crippen molar-refractivity contribution in [3.8, 4) is 11.3 Å². The van der Waals surface area contributed by atoms with E-state index in [4.69, 9.17) is 4.99 Å². The van der Waals surface area contributed by atoms with Crippen molar-refractivity contribution in [2.24, 2.45) is 4.99 Å². The standard InChI is InChI=1S/C23H34N6O.HI/c1-3-24-23(25-14-10-16-29-15-9-5-8-13-22(29)30)28(2)18-21-26-17-20(27-21)19-11-6-4-7-12-19;/h4,6-7,11-12,17H,3,5,8-10,13-16,18H2,1-2H3,(H,24,25)(H,26,27);1H. The molecule has 0 unspecified atom stereocenters. The van der Waals surface area contributed by atoms with E-state index in [1.165, 1.54) is 0 Å². The number of halogens is 1. The van der Waals surface area contributed by atoms with E-state index in [1.54, 1.807) is 0 Å². The Kier molecular flexibility index (Phi) is 10.8. The minimum atomic E-state index is 0. The van der Waals surface area contributed by atoms with Crippen molar-refractivity contribution in [2.75, 3.05) is 33.2 Å². The molecule has 31 heavy (non-hydrogen) atoms. The first-order chi connectivity index (χ1) is 14.7. The predicted molar refractivity (Wildman–Crippen MR) is 137 cm³/mol. The maximum atomic E-state index is 12.1. The third-order valence-electron chi connectivity index (χ3n) is 5.32. The lowest BCUT2D eigenvalue weighted by molar-refractivity contribution is -0.130. The number of benzene rings is 1. The monoisotopic (exact) mass is 538 g/mol. The van der Waals surface area contributed by atoms with Gasteiger partial charge in [-0.25, -0.2) is 4.98 Å². The summed E-state index contributed by atoms with van der Waals surface area (Å²) in [6.45, 7) is 5.91. The zero-order chi connectivity index (χ0) is 21.2. The van der Waals surface area contributed by atoms with Crippen LogP contribution in [0.5, 0.6) is 0 Å². The minimum absolute atomic E-state index is 0. The number of carbonyl (C=O) groups excluding carboxylic acids is 1. The molecule has 0 saturated carbocycles. The molecule has 2 heterocycles. The summed E-state index contributed by atoms with van der Waals surface area (Å²) in [4.78, 5) is 28.9. The van der Waals surface area contributed by atoms with E-state index in [0.717, 1.165) is 68.4 Å². The second-order valence-electron chi connectivity index (χ2n) is 7.75. The quantitative estimate of drug-likeness (QED) is 0.232. The lowest BCUT2D eigenvalue weighted by atomic mass is 10.2. The number of likely N-dealkylation sites (tertiary alicyclic amines) is 1. The summed E-state index contributed by atoms with van der Waals surface area (Å²) in [5.41, 5.74) is 2.14. The van der Waals surface area contributed by atoms with Gasteiger partial charge in [0.2, 0.25) is 5.91 Å². The van der Waals surface area contributed by atoms with E-state index in [1.807, 2.05) is 36.3 Å². The van der Waals surface area contributed by atoms with Crippen molar-refractivity contribution >= 4 is 35.8 Å². The van der Waals surface area contributed by atoms with Gasteiger partial charge >= 0.3 is 0 Å². The Morgan fingerprint density at radius 3 is 2.84 bits per heavy atom. The Hall–Kier alpha value is -2.10. The van der Waals surface area contributed by atoms with Gasteiger partial charge in [-0.05, 0) is 31.7 Å². The first-order valence-corrected chi connectivity index (χ1v) is 11.0. The van der Waals surface area contributed by atoms with Crippen LogP contribution in [0.2, 0.25) is 0 Å². The molecule has 0 spiro atoms. The maximum absolute atomic E-state index is 12.1. The number of aromatic amines is 1. The number of aliphatic imine (C=N–C) groups is 1. The van der Waals surface area contributed by atoms with Crippen LogP contribution in [0.25, 0.3) is 11.3 Å². The number of amides is 1. The van der Waals surface area contributed by atoms with Crippen molar-refractivity contribution in [3.63, 3.8) is 0 Å². The van der Waals surface area contributed by atoms with Gasteiger partial charge in [-0.1, -0.05) is 36.8 Å².